The van der Waals surface area contributed by atoms with E-state index in [1.165, 1.54) is 17.7 Å². The van der Waals surface area contributed by atoms with Crippen LogP contribution < -0.4 is 0 Å². The van der Waals surface area contributed by atoms with Crippen molar-refractivity contribution in [2.45, 2.75) is 61.8 Å². The fraction of sp³-hybridized carbons (Fsp3) is 0.391. The Hall–Kier alpha value is -2.22. The van der Waals surface area contributed by atoms with E-state index in [4.69, 9.17) is 10.2 Å². The monoisotopic (exact) mass is 346 g/mol. The number of hydrogen-bond acceptors (Lipinski definition) is 2. The molecule has 0 fully saturated rings. The third-order valence-electron chi connectivity index (χ3n) is 2.61. The molecule has 0 saturated heterocycles. The first kappa shape index (κ1) is 27.6. The highest BCUT2D eigenvalue weighted by Gasteiger charge is 1.96. The summed E-state index contributed by atoms with van der Waals surface area (Å²) in [4.78, 5) is 0. The highest BCUT2D eigenvalue weighted by Crippen LogP contribution is 2.25. The van der Waals surface area contributed by atoms with E-state index in [1.807, 2.05) is 66.7 Å². The van der Waals surface area contributed by atoms with E-state index in [0.717, 1.165) is 12.0 Å². The number of phenols is 2. The van der Waals surface area contributed by atoms with Crippen molar-refractivity contribution in [3.63, 3.8) is 0 Å². The standard InChI is InChI=1S/C9H10O2.C8H10.3C2H6/c1-2-3-7-4-5-8(10)9(11)6-7;1-2-8-6-4-3-5-7-8;3*1-2/h2-6,10-11H,1H3;3-7H,2H2,1H3;3*1-2H3/b3-2-;;;;. The second kappa shape index (κ2) is 21.8. The highest BCUT2D eigenvalue weighted by molar-refractivity contribution is 5.54. The number of benzene rings is 2. The largest absolute Gasteiger partial charge is 0.504 e. The number of aryl methyl sites for hydroxylation is 1. The normalized spacial score (nSPS) is 8.32. The lowest BCUT2D eigenvalue weighted by molar-refractivity contribution is 0.403. The summed E-state index contributed by atoms with van der Waals surface area (Å²) in [5.41, 5.74) is 2.29. The van der Waals surface area contributed by atoms with Crippen LogP contribution in [0, 0.1) is 0 Å². The van der Waals surface area contributed by atoms with Crippen LogP contribution >= 0.6 is 0 Å². The van der Waals surface area contributed by atoms with Gasteiger partial charge in [0.2, 0.25) is 0 Å². The predicted octanol–water partition coefficient (Wildman–Crippen LogP) is 7.46. The van der Waals surface area contributed by atoms with Crippen LogP contribution in [0.3, 0.4) is 0 Å². The summed E-state index contributed by atoms with van der Waals surface area (Å²) in [6.07, 6.45) is 4.85. The van der Waals surface area contributed by atoms with Crippen molar-refractivity contribution >= 4 is 6.08 Å². The zero-order chi connectivity index (χ0) is 20.1. The zero-order valence-electron chi connectivity index (χ0n) is 17.4. The van der Waals surface area contributed by atoms with Crippen LogP contribution in [0.2, 0.25) is 0 Å². The minimum Gasteiger partial charge on any atom is -0.504 e. The molecule has 0 atom stereocenters. The van der Waals surface area contributed by atoms with Crippen molar-refractivity contribution < 1.29 is 10.2 Å². The average molecular weight is 347 g/mol. The van der Waals surface area contributed by atoms with Crippen LogP contribution in [0.1, 0.15) is 66.5 Å². The van der Waals surface area contributed by atoms with Crippen LogP contribution in [0.5, 0.6) is 11.5 Å². The minimum absolute atomic E-state index is 0.0828. The summed E-state index contributed by atoms with van der Waals surface area (Å²) in [6.45, 7) is 16.1. The van der Waals surface area contributed by atoms with Crippen LogP contribution in [-0.2, 0) is 6.42 Å². The topological polar surface area (TPSA) is 40.5 Å². The summed E-state index contributed by atoms with van der Waals surface area (Å²) in [6, 6.07) is 15.2. The summed E-state index contributed by atoms with van der Waals surface area (Å²) in [5.74, 6) is -0.168. The Morgan fingerprint density at radius 3 is 1.64 bits per heavy atom. The number of phenolic OH excluding ortho intramolecular Hbond substituents is 2. The molecule has 2 rings (SSSR count). The third-order valence-corrected chi connectivity index (χ3v) is 2.61. The van der Waals surface area contributed by atoms with Crippen LogP contribution in [0.25, 0.3) is 6.08 Å². The molecule has 2 aromatic carbocycles. The Morgan fingerprint density at radius 2 is 1.28 bits per heavy atom. The lowest BCUT2D eigenvalue weighted by Crippen LogP contribution is -1.73. The first-order valence-corrected chi connectivity index (χ1v) is 9.36. The van der Waals surface area contributed by atoms with Crippen molar-refractivity contribution in [1.82, 2.24) is 0 Å². The fourth-order valence-corrected chi connectivity index (χ4v) is 1.55. The molecule has 2 heteroatoms. The summed E-state index contributed by atoms with van der Waals surface area (Å²) in [7, 11) is 0. The van der Waals surface area contributed by atoms with E-state index in [1.54, 1.807) is 6.07 Å². The van der Waals surface area contributed by atoms with E-state index in [9.17, 15) is 0 Å². The van der Waals surface area contributed by atoms with Crippen molar-refractivity contribution in [2.75, 3.05) is 0 Å². The Kier molecular flexibility index (Phi) is 24.1. The molecule has 0 unspecified atom stereocenters. The van der Waals surface area contributed by atoms with Gasteiger partial charge in [0.25, 0.3) is 0 Å². The predicted molar refractivity (Wildman–Crippen MR) is 114 cm³/mol. The molecule has 0 aromatic heterocycles. The first-order chi connectivity index (χ1) is 12.2. The molecule has 0 aliphatic heterocycles. The summed E-state index contributed by atoms with van der Waals surface area (Å²) in [5, 5.41) is 18.0. The van der Waals surface area contributed by atoms with Crippen LogP contribution in [0.15, 0.2) is 54.6 Å². The Labute approximate surface area is 155 Å². The minimum atomic E-state index is -0.0850. The molecule has 0 spiro atoms. The van der Waals surface area contributed by atoms with Gasteiger partial charge >= 0.3 is 0 Å². The van der Waals surface area contributed by atoms with E-state index in [-0.39, 0.29) is 11.5 Å². The average Bonchev–Trinajstić information content (AvgIpc) is 2.71. The Balaban J connectivity index is -0.000000305. The molecule has 0 saturated carbocycles. The second-order valence-corrected chi connectivity index (χ2v) is 4.09. The number of hydrogen-bond donors (Lipinski definition) is 2. The van der Waals surface area contributed by atoms with Gasteiger partial charge in [-0.1, -0.05) is 97.0 Å². The van der Waals surface area contributed by atoms with Gasteiger partial charge in [-0.15, -0.1) is 0 Å². The third kappa shape index (κ3) is 15.1. The van der Waals surface area contributed by atoms with E-state index < -0.39 is 0 Å². The molecule has 25 heavy (non-hydrogen) atoms. The number of allylic oxidation sites excluding steroid dienone is 1. The molecule has 0 aliphatic rings. The maximum absolute atomic E-state index is 9.04. The van der Waals surface area contributed by atoms with Gasteiger partial charge in [0.1, 0.15) is 0 Å². The molecule has 0 aliphatic carbocycles. The molecule has 2 aromatic rings. The Bertz CT molecular complexity index is 517. The summed E-state index contributed by atoms with van der Waals surface area (Å²) < 4.78 is 0. The Morgan fingerprint density at radius 1 is 0.760 bits per heavy atom. The van der Waals surface area contributed by atoms with Crippen LogP contribution in [-0.4, -0.2) is 10.2 Å². The van der Waals surface area contributed by atoms with Gasteiger partial charge in [-0.2, -0.15) is 0 Å². The van der Waals surface area contributed by atoms with E-state index in [0.29, 0.717) is 0 Å². The van der Waals surface area contributed by atoms with E-state index in [2.05, 4.69) is 31.2 Å². The number of aromatic hydroxyl groups is 2. The lowest BCUT2D eigenvalue weighted by Gasteiger charge is -1.97. The second-order valence-electron chi connectivity index (χ2n) is 4.09. The van der Waals surface area contributed by atoms with Gasteiger partial charge < -0.3 is 10.2 Å². The molecule has 0 amide bonds. The molecule has 2 nitrogen and oxygen atoms in total. The van der Waals surface area contributed by atoms with Crippen molar-refractivity contribution in [2.24, 2.45) is 0 Å². The van der Waals surface area contributed by atoms with Gasteiger partial charge in [0.05, 0.1) is 0 Å². The van der Waals surface area contributed by atoms with Crippen LogP contribution in [0.4, 0.5) is 0 Å². The molecule has 142 valence electrons. The SMILES string of the molecule is C/C=C\c1ccc(O)c(O)c1.CC.CC.CC.CCc1ccccc1. The maximum atomic E-state index is 9.04. The molecule has 0 bridgehead atoms. The lowest BCUT2D eigenvalue weighted by atomic mass is 10.2. The molecular formula is C23H38O2. The van der Waals surface area contributed by atoms with Crippen molar-refractivity contribution in [3.05, 3.63) is 65.7 Å². The maximum Gasteiger partial charge on any atom is 0.157 e. The smallest absolute Gasteiger partial charge is 0.157 e. The molecule has 0 radical (unpaired) electrons. The van der Waals surface area contributed by atoms with Gasteiger partial charge in [0, 0.05) is 0 Å². The molecule has 0 heterocycles. The number of rotatable bonds is 2. The fourth-order valence-electron chi connectivity index (χ4n) is 1.55. The quantitative estimate of drug-likeness (QED) is 0.554. The molecular weight excluding hydrogens is 308 g/mol. The van der Waals surface area contributed by atoms with Crippen molar-refractivity contribution in [1.29, 1.82) is 0 Å². The van der Waals surface area contributed by atoms with Gasteiger partial charge in [-0.05, 0) is 36.6 Å². The van der Waals surface area contributed by atoms with Gasteiger partial charge in [-0.3, -0.25) is 0 Å². The zero-order valence-corrected chi connectivity index (χ0v) is 17.4. The van der Waals surface area contributed by atoms with Crippen molar-refractivity contribution in [3.8, 4) is 11.5 Å². The van der Waals surface area contributed by atoms with Gasteiger partial charge in [-0.25, -0.2) is 0 Å². The highest BCUT2D eigenvalue weighted by atomic mass is 16.3. The first-order valence-electron chi connectivity index (χ1n) is 9.36. The summed E-state index contributed by atoms with van der Waals surface area (Å²) >= 11 is 0. The van der Waals surface area contributed by atoms with E-state index >= 15 is 0 Å². The molecule has 2 N–H and O–H groups in total. The van der Waals surface area contributed by atoms with Gasteiger partial charge in [0.15, 0.2) is 11.5 Å².